The molecule has 0 saturated heterocycles. The van der Waals surface area contributed by atoms with Crippen molar-refractivity contribution < 1.29 is 0 Å². The Morgan fingerprint density at radius 1 is 1.42 bits per heavy atom. The van der Waals surface area contributed by atoms with E-state index < -0.39 is 0 Å². The fraction of sp³-hybridized carbons (Fsp3) is 0.400. The summed E-state index contributed by atoms with van der Waals surface area (Å²) in [4.78, 5) is 1.33. The molecule has 1 nitrogen and oxygen atoms in total. The van der Waals surface area contributed by atoms with Gasteiger partial charge in [0.2, 0.25) is 0 Å². The second-order valence-corrected chi connectivity index (χ2v) is 3.67. The molecular formula is C10H15NS. The minimum Gasteiger partial charge on any atom is -0.313 e. The standard InChI is InChI=1S/C10H15NS/c1-8(11-2)9-5-4-6-10(7-9)12-3/h4-8,11H,1-3H3. The molecule has 66 valence electrons. The molecule has 0 aliphatic carbocycles. The van der Waals surface area contributed by atoms with Gasteiger partial charge < -0.3 is 5.32 Å². The van der Waals surface area contributed by atoms with E-state index in [1.54, 1.807) is 11.8 Å². The monoisotopic (exact) mass is 181 g/mol. The van der Waals surface area contributed by atoms with Crippen LogP contribution < -0.4 is 5.32 Å². The van der Waals surface area contributed by atoms with Crippen LogP contribution in [0.25, 0.3) is 0 Å². The number of rotatable bonds is 3. The van der Waals surface area contributed by atoms with E-state index in [4.69, 9.17) is 0 Å². The van der Waals surface area contributed by atoms with Crippen molar-refractivity contribution in [2.45, 2.75) is 17.9 Å². The lowest BCUT2D eigenvalue weighted by molar-refractivity contribution is 0.651. The number of hydrogen-bond acceptors (Lipinski definition) is 2. The van der Waals surface area contributed by atoms with E-state index in [2.05, 4.69) is 42.8 Å². The molecule has 1 N–H and O–H groups in total. The van der Waals surface area contributed by atoms with Gasteiger partial charge in [0, 0.05) is 10.9 Å². The van der Waals surface area contributed by atoms with Crippen LogP contribution in [0.3, 0.4) is 0 Å². The van der Waals surface area contributed by atoms with E-state index >= 15 is 0 Å². The topological polar surface area (TPSA) is 12.0 Å². The average molecular weight is 181 g/mol. The fourth-order valence-electron chi connectivity index (χ4n) is 1.08. The third-order valence-corrected chi connectivity index (χ3v) is 2.75. The summed E-state index contributed by atoms with van der Waals surface area (Å²) in [6.07, 6.45) is 2.10. The van der Waals surface area contributed by atoms with Crippen LogP contribution in [-0.4, -0.2) is 13.3 Å². The highest BCUT2D eigenvalue weighted by Gasteiger charge is 2.01. The minimum absolute atomic E-state index is 0.442. The van der Waals surface area contributed by atoms with E-state index in [1.807, 2.05) is 7.05 Å². The Morgan fingerprint density at radius 3 is 2.75 bits per heavy atom. The highest BCUT2D eigenvalue weighted by Crippen LogP contribution is 2.19. The largest absolute Gasteiger partial charge is 0.313 e. The molecule has 0 spiro atoms. The number of hydrogen-bond donors (Lipinski definition) is 1. The van der Waals surface area contributed by atoms with Crippen LogP contribution in [0, 0.1) is 0 Å². The molecule has 0 aliphatic rings. The number of benzene rings is 1. The van der Waals surface area contributed by atoms with Crippen molar-refractivity contribution in [2.24, 2.45) is 0 Å². The Kier molecular flexibility index (Phi) is 3.63. The van der Waals surface area contributed by atoms with Gasteiger partial charge in [-0.15, -0.1) is 11.8 Å². The summed E-state index contributed by atoms with van der Waals surface area (Å²) >= 11 is 1.78. The highest BCUT2D eigenvalue weighted by molar-refractivity contribution is 7.98. The van der Waals surface area contributed by atoms with Crippen LogP contribution in [0.5, 0.6) is 0 Å². The molecule has 0 aliphatic heterocycles. The fourth-order valence-corrected chi connectivity index (χ4v) is 1.55. The van der Waals surface area contributed by atoms with E-state index in [1.165, 1.54) is 10.5 Å². The summed E-state index contributed by atoms with van der Waals surface area (Å²) in [5.74, 6) is 0. The zero-order valence-electron chi connectivity index (χ0n) is 7.79. The summed E-state index contributed by atoms with van der Waals surface area (Å²) in [7, 11) is 1.98. The lowest BCUT2D eigenvalue weighted by Gasteiger charge is -2.10. The molecule has 1 atom stereocenters. The first kappa shape index (κ1) is 9.62. The van der Waals surface area contributed by atoms with Crippen LogP contribution >= 0.6 is 11.8 Å². The second-order valence-electron chi connectivity index (χ2n) is 2.79. The molecule has 1 rings (SSSR count). The smallest absolute Gasteiger partial charge is 0.0289 e. The molecule has 0 aromatic heterocycles. The lowest BCUT2D eigenvalue weighted by Crippen LogP contribution is -2.11. The Bertz CT molecular complexity index is 247. The Morgan fingerprint density at radius 2 is 2.17 bits per heavy atom. The van der Waals surface area contributed by atoms with E-state index in [0.29, 0.717) is 6.04 Å². The third-order valence-electron chi connectivity index (χ3n) is 2.03. The first-order valence-corrected chi connectivity index (χ1v) is 5.31. The van der Waals surface area contributed by atoms with Crippen molar-refractivity contribution in [3.8, 4) is 0 Å². The normalized spacial score (nSPS) is 12.9. The predicted molar refractivity (Wildman–Crippen MR) is 55.7 cm³/mol. The Balaban J connectivity index is 2.86. The molecule has 0 fully saturated rings. The summed E-state index contributed by atoms with van der Waals surface area (Å²) in [5, 5.41) is 3.22. The SMILES string of the molecule is CNC(C)c1cccc(SC)c1. The van der Waals surface area contributed by atoms with E-state index in [9.17, 15) is 0 Å². The summed E-state index contributed by atoms with van der Waals surface area (Å²) < 4.78 is 0. The van der Waals surface area contributed by atoms with Crippen molar-refractivity contribution in [2.75, 3.05) is 13.3 Å². The minimum atomic E-state index is 0.442. The maximum atomic E-state index is 3.22. The molecule has 0 bridgehead atoms. The van der Waals surface area contributed by atoms with Gasteiger partial charge >= 0.3 is 0 Å². The van der Waals surface area contributed by atoms with Crippen LogP contribution in [0.1, 0.15) is 18.5 Å². The predicted octanol–water partition coefficient (Wildman–Crippen LogP) is 2.69. The van der Waals surface area contributed by atoms with Crippen LogP contribution in [0.15, 0.2) is 29.2 Å². The van der Waals surface area contributed by atoms with E-state index in [0.717, 1.165) is 0 Å². The van der Waals surface area contributed by atoms with E-state index in [-0.39, 0.29) is 0 Å². The average Bonchev–Trinajstić information content (AvgIpc) is 2.17. The van der Waals surface area contributed by atoms with Crippen LogP contribution in [0.2, 0.25) is 0 Å². The molecular weight excluding hydrogens is 166 g/mol. The van der Waals surface area contributed by atoms with Gasteiger partial charge in [-0.3, -0.25) is 0 Å². The molecule has 0 radical (unpaired) electrons. The first-order chi connectivity index (χ1) is 5.77. The number of nitrogens with one attached hydrogen (secondary N) is 1. The molecule has 0 heterocycles. The molecule has 1 aromatic rings. The second kappa shape index (κ2) is 4.53. The van der Waals surface area contributed by atoms with Crippen molar-refractivity contribution in [1.82, 2.24) is 5.32 Å². The van der Waals surface area contributed by atoms with Gasteiger partial charge in [-0.2, -0.15) is 0 Å². The van der Waals surface area contributed by atoms with Gasteiger partial charge in [-0.1, -0.05) is 12.1 Å². The Hall–Kier alpha value is -0.470. The maximum absolute atomic E-state index is 3.22. The molecule has 0 saturated carbocycles. The van der Waals surface area contributed by atoms with Crippen molar-refractivity contribution >= 4 is 11.8 Å². The molecule has 2 heteroatoms. The van der Waals surface area contributed by atoms with Crippen LogP contribution in [-0.2, 0) is 0 Å². The molecule has 0 amide bonds. The quantitative estimate of drug-likeness (QED) is 0.720. The summed E-state index contributed by atoms with van der Waals surface area (Å²) in [6, 6.07) is 9.07. The van der Waals surface area contributed by atoms with Crippen molar-refractivity contribution in [1.29, 1.82) is 0 Å². The number of thioether (sulfide) groups is 1. The first-order valence-electron chi connectivity index (χ1n) is 4.09. The molecule has 1 aromatic carbocycles. The summed E-state index contributed by atoms with van der Waals surface area (Å²) in [6.45, 7) is 2.17. The van der Waals surface area contributed by atoms with Gasteiger partial charge in [-0.05, 0) is 37.9 Å². The van der Waals surface area contributed by atoms with Crippen molar-refractivity contribution in [3.05, 3.63) is 29.8 Å². The maximum Gasteiger partial charge on any atom is 0.0289 e. The molecule has 12 heavy (non-hydrogen) atoms. The lowest BCUT2D eigenvalue weighted by atomic mass is 10.1. The van der Waals surface area contributed by atoms with Gasteiger partial charge in [-0.25, -0.2) is 0 Å². The van der Waals surface area contributed by atoms with Gasteiger partial charge in [0.25, 0.3) is 0 Å². The zero-order chi connectivity index (χ0) is 8.97. The summed E-state index contributed by atoms with van der Waals surface area (Å²) in [5.41, 5.74) is 1.35. The van der Waals surface area contributed by atoms with Gasteiger partial charge in [0.1, 0.15) is 0 Å². The third kappa shape index (κ3) is 2.26. The van der Waals surface area contributed by atoms with Gasteiger partial charge in [0.05, 0.1) is 0 Å². The van der Waals surface area contributed by atoms with Crippen molar-refractivity contribution in [3.63, 3.8) is 0 Å². The zero-order valence-corrected chi connectivity index (χ0v) is 8.61. The van der Waals surface area contributed by atoms with Crippen LogP contribution in [0.4, 0.5) is 0 Å². The molecule has 1 unspecified atom stereocenters. The van der Waals surface area contributed by atoms with Gasteiger partial charge in [0.15, 0.2) is 0 Å². The highest BCUT2D eigenvalue weighted by atomic mass is 32.2. The Labute approximate surface area is 78.6 Å².